The molecule has 1 saturated heterocycles. The molecule has 0 radical (unpaired) electrons. The molecule has 22 heavy (non-hydrogen) atoms. The lowest BCUT2D eigenvalue weighted by Gasteiger charge is -2.28. The third kappa shape index (κ3) is 2.95. The van der Waals surface area contributed by atoms with Crippen LogP contribution in [0.15, 0.2) is 22.6 Å². The van der Waals surface area contributed by atoms with Crippen molar-refractivity contribution >= 4 is 21.6 Å². The Morgan fingerprint density at radius 2 is 2.23 bits per heavy atom. The summed E-state index contributed by atoms with van der Waals surface area (Å²) in [6.45, 7) is 9.82. The molecule has 5 nitrogen and oxygen atoms in total. The molecule has 0 bridgehead atoms. The Kier molecular flexibility index (Phi) is 3.87. The molecule has 0 saturated carbocycles. The van der Waals surface area contributed by atoms with Crippen molar-refractivity contribution in [2.75, 3.05) is 6.54 Å². The molecule has 0 aromatic carbocycles. The Morgan fingerprint density at radius 1 is 1.45 bits per heavy atom. The first-order valence-corrected chi connectivity index (χ1v) is 8.53. The fourth-order valence-corrected chi connectivity index (χ4v) is 4.07. The van der Waals surface area contributed by atoms with E-state index in [0.717, 1.165) is 23.2 Å². The number of hydrogen-bond acceptors (Lipinski definition) is 5. The number of fused-ring (bicyclic) bond motifs is 1. The van der Waals surface area contributed by atoms with Crippen molar-refractivity contribution in [2.45, 2.75) is 57.9 Å². The molecule has 3 heterocycles. The SMILES string of the molecule is CC1(C)CC(NCCn2cnc3ccsc3c2=O)C(C)(C)O1. The summed E-state index contributed by atoms with van der Waals surface area (Å²) in [5.41, 5.74) is 0.537. The number of hydrogen-bond donors (Lipinski definition) is 1. The van der Waals surface area contributed by atoms with Crippen LogP contribution in [0, 0.1) is 0 Å². The van der Waals surface area contributed by atoms with E-state index in [9.17, 15) is 4.79 Å². The lowest BCUT2D eigenvalue weighted by atomic mass is 9.94. The average molecular weight is 321 g/mol. The van der Waals surface area contributed by atoms with Crippen LogP contribution in [0.2, 0.25) is 0 Å². The first kappa shape index (κ1) is 15.6. The number of rotatable bonds is 4. The second-order valence-electron chi connectivity index (χ2n) is 7.05. The standard InChI is InChI=1S/C16H23N3O2S/c1-15(2)9-12(16(3,4)21-15)17-6-7-19-10-18-11-5-8-22-13(11)14(19)20/h5,8,10,12,17H,6-7,9H2,1-4H3. The summed E-state index contributed by atoms with van der Waals surface area (Å²) >= 11 is 1.45. The first-order chi connectivity index (χ1) is 10.3. The summed E-state index contributed by atoms with van der Waals surface area (Å²) in [5, 5.41) is 5.44. The number of nitrogens with zero attached hydrogens (tertiary/aromatic N) is 2. The highest BCUT2D eigenvalue weighted by Gasteiger charge is 2.45. The van der Waals surface area contributed by atoms with Gasteiger partial charge >= 0.3 is 0 Å². The van der Waals surface area contributed by atoms with Gasteiger partial charge in [0.15, 0.2) is 0 Å². The molecule has 1 aliphatic rings. The number of thiophene rings is 1. The topological polar surface area (TPSA) is 56.2 Å². The van der Waals surface area contributed by atoms with Crippen LogP contribution < -0.4 is 10.9 Å². The van der Waals surface area contributed by atoms with E-state index in [2.05, 4.69) is 38.0 Å². The summed E-state index contributed by atoms with van der Waals surface area (Å²) in [7, 11) is 0. The second-order valence-corrected chi connectivity index (χ2v) is 7.97. The molecule has 2 aromatic heterocycles. The van der Waals surface area contributed by atoms with E-state index in [1.807, 2.05) is 11.4 Å². The van der Waals surface area contributed by atoms with Crippen molar-refractivity contribution in [3.8, 4) is 0 Å². The predicted octanol–water partition coefficient (Wildman–Crippen LogP) is 2.39. The van der Waals surface area contributed by atoms with Gasteiger partial charge in [-0.15, -0.1) is 11.3 Å². The van der Waals surface area contributed by atoms with Gasteiger partial charge in [-0.3, -0.25) is 9.36 Å². The van der Waals surface area contributed by atoms with Crippen LogP contribution in [-0.4, -0.2) is 33.3 Å². The molecule has 2 aromatic rings. The molecule has 0 aliphatic carbocycles. The monoisotopic (exact) mass is 321 g/mol. The van der Waals surface area contributed by atoms with E-state index in [4.69, 9.17) is 4.74 Å². The zero-order chi connectivity index (χ0) is 16.0. The molecule has 0 spiro atoms. The molecule has 1 unspecified atom stereocenters. The van der Waals surface area contributed by atoms with Crippen molar-refractivity contribution in [1.29, 1.82) is 0 Å². The molecular formula is C16H23N3O2S. The van der Waals surface area contributed by atoms with E-state index in [1.165, 1.54) is 11.3 Å². The van der Waals surface area contributed by atoms with Gasteiger partial charge in [0, 0.05) is 19.1 Å². The second kappa shape index (κ2) is 5.44. The third-order valence-corrected chi connectivity index (χ3v) is 5.15. The van der Waals surface area contributed by atoms with Crippen molar-refractivity contribution in [3.63, 3.8) is 0 Å². The van der Waals surface area contributed by atoms with Crippen LogP contribution in [0.5, 0.6) is 0 Å². The Hall–Kier alpha value is -1.24. The van der Waals surface area contributed by atoms with Gasteiger partial charge in [0.05, 0.1) is 23.0 Å². The maximum Gasteiger partial charge on any atom is 0.271 e. The van der Waals surface area contributed by atoms with Crippen LogP contribution in [0.3, 0.4) is 0 Å². The number of nitrogens with one attached hydrogen (secondary N) is 1. The molecule has 6 heteroatoms. The van der Waals surface area contributed by atoms with E-state index >= 15 is 0 Å². The van der Waals surface area contributed by atoms with Gasteiger partial charge in [-0.05, 0) is 45.6 Å². The molecule has 1 N–H and O–H groups in total. The number of aromatic nitrogens is 2. The fraction of sp³-hybridized carbons (Fsp3) is 0.625. The summed E-state index contributed by atoms with van der Waals surface area (Å²) in [4.78, 5) is 16.7. The maximum atomic E-state index is 12.3. The average Bonchev–Trinajstić information content (AvgIpc) is 2.94. The van der Waals surface area contributed by atoms with Crippen LogP contribution in [0.4, 0.5) is 0 Å². The maximum absolute atomic E-state index is 12.3. The quantitative estimate of drug-likeness (QED) is 0.939. The molecular weight excluding hydrogens is 298 g/mol. The summed E-state index contributed by atoms with van der Waals surface area (Å²) < 4.78 is 8.49. The van der Waals surface area contributed by atoms with Crippen LogP contribution in [-0.2, 0) is 11.3 Å². The van der Waals surface area contributed by atoms with E-state index in [0.29, 0.717) is 6.54 Å². The van der Waals surface area contributed by atoms with Gasteiger partial charge in [0.25, 0.3) is 5.56 Å². The minimum atomic E-state index is -0.190. The highest BCUT2D eigenvalue weighted by molar-refractivity contribution is 7.17. The van der Waals surface area contributed by atoms with Crippen LogP contribution in [0.1, 0.15) is 34.1 Å². The summed E-state index contributed by atoms with van der Waals surface area (Å²) in [6.07, 6.45) is 2.61. The minimum absolute atomic E-state index is 0.0454. The molecule has 120 valence electrons. The van der Waals surface area contributed by atoms with E-state index in [1.54, 1.807) is 10.9 Å². The Balaban J connectivity index is 1.65. The van der Waals surface area contributed by atoms with Gasteiger partial charge < -0.3 is 10.1 Å². The van der Waals surface area contributed by atoms with Crippen molar-refractivity contribution in [3.05, 3.63) is 28.1 Å². The third-order valence-electron chi connectivity index (χ3n) is 4.25. The van der Waals surface area contributed by atoms with Crippen LogP contribution >= 0.6 is 11.3 Å². The zero-order valence-electron chi connectivity index (χ0n) is 13.5. The molecule has 1 fully saturated rings. The van der Waals surface area contributed by atoms with Gasteiger partial charge in [0.2, 0.25) is 0 Å². The Labute approximate surface area is 134 Å². The fourth-order valence-electron chi connectivity index (χ4n) is 3.28. The lowest BCUT2D eigenvalue weighted by molar-refractivity contribution is -0.0698. The normalized spacial score (nSPS) is 23.2. The van der Waals surface area contributed by atoms with E-state index in [-0.39, 0.29) is 22.8 Å². The molecule has 0 amide bonds. The van der Waals surface area contributed by atoms with E-state index < -0.39 is 0 Å². The Morgan fingerprint density at radius 3 is 2.91 bits per heavy atom. The van der Waals surface area contributed by atoms with Crippen molar-refractivity contribution < 1.29 is 4.74 Å². The summed E-state index contributed by atoms with van der Waals surface area (Å²) in [6, 6.07) is 2.17. The zero-order valence-corrected chi connectivity index (χ0v) is 14.4. The molecule has 1 atom stereocenters. The highest BCUT2D eigenvalue weighted by Crippen LogP contribution is 2.37. The largest absolute Gasteiger partial charge is 0.368 e. The van der Waals surface area contributed by atoms with Crippen molar-refractivity contribution in [1.82, 2.24) is 14.9 Å². The van der Waals surface area contributed by atoms with Gasteiger partial charge in [0.1, 0.15) is 4.70 Å². The lowest BCUT2D eigenvalue weighted by Crippen LogP contribution is -2.44. The Bertz CT molecular complexity index is 732. The smallest absolute Gasteiger partial charge is 0.271 e. The highest BCUT2D eigenvalue weighted by atomic mass is 32.1. The predicted molar refractivity (Wildman–Crippen MR) is 89.5 cm³/mol. The summed E-state index contributed by atoms with van der Waals surface area (Å²) in [5.74, 6) is 0. The van der Waals surface area contributed by atoms with Crippen molar-refractivity contribution in [2.24, 2.45) is 0 Å². The molecule has 1 aliphatic heterocycles. The number of ether oxygens (including phenoxy) is 1. The minimum Gasteiger partial charge on any atom is -0.368 e. The van der Waals surface area contributed by atoms with Crippen LogP contribution in [0.25, 0.3) is 10.2 Å². The van der Waals surface area contributed by atoms with Gasteiger partial charge in [-0.25, -0.2) is 4.98 Å². The molecule has 3 rings (SSSR count). The first-order valence-electron chi connectivity index (χ1n) is 7.65. The van der Waals surface area contributed by atoms with Gasteiger partial charge in [-0.1, -0.05) is 0 Å². The van der Waals surface area contributed by atoms with Gasteiger partial charge in [-0.2, -0.15) is 0 Å².